The van der Waals surface area contributed by atoms with E-state index in [-0.39, 0.29) is 17.9 Å². The normalized spacial score (nSPS) is 20.9. The molecule has 0 bridgehead atoms. The predicted molar refractivity (Wildman–Crippen MR) is 91.5 cm³/mol. The maximum absolute atomic E-state index is 12.3. The zero-order valence-corrected chi connectivity index (χ0v) is 14.7. The second kappa shape index (κ2) is 7.90. The van der Waals surface area contributed by atoms with Crippen LogP contribution >= 0.6 is 11.3 Å². The third-order valence-electron chi connectivity index (χ3n) is 4.59. The van der Waals surface area contributed by atoms with E-state index in [0.717, 1.165) is 31.2 Å². The number of carbonyl (C=O) groups is 1. The minimum Gasteiger partial charge on any atom is -0.421 e. The van der Waals surface area contributed by atoms with Gasteiger partial charge >= 0.3 is 0 Å². The van der Waals surface area contributed by atoms with E-state index in [1.165, 1.54) is 0 Å². The highest BCUT2D eigenvalue weighted by molar-refractivity contribution is 7.08. The van der Waals surface area contributed by atoms with E-state index in [4.69, 9.17) is 4.42 Å². The Balaban J connectivity index is 1.48. The van der Waals surface area contributed by atoms with Crippen LogP contribution in [0.3, 0.4) is 0 Å². The van der Waals surface area contributed by atoms with Crippen LogP contribution in [0.4, 0.5) is 0 Å². The molecule has 0 aliphatic heterocycles. The van der Waals surface area contributed by atoms with Crippen LogP contribution in [0.15, 0.2) is 21.2 Å². The van der Waals surface area contributed by atoms with E-state index < -0.39 is 0 Å². The van der Waals surface area contributed by atoms with Gasteiger partial charge in [0.2, 0.25) is 17.7 Å². The van der Waals surface area contributed by atoms with E-state index in [1.54, 1.807) is 23.3 Å². The van der Waals surface area contributed by atoms with Crippen LogP contribution in [-0.2, 0) is 11.2 Å². The van der Waals surface area contributed by atoms with Gasteiger partial charge in [0.1, 0.15) is 0 Å². The third-order valence-corrected chi connectivity index (χ3v) is 5.27. The fraction of sp³-hybridized carbons (Fsp3) is 0.588. The monoisotopic (exact) mass is 349 g/mol. The molecule has 1 aliphatic carbocycles. The molecule has 0 radical (unpaired) electrons. The van der Waals surface area contributed by atoms with Crippen molar-refractivity contribution in [3.63, 3.8) is 0 Å². The summed E-state index contributed by atoms with van der Waals surface area (Å²) in [4.78, 5) is 14.0. The molecular weight excluding hydrogens is 326 g/mol. The van der Waals surface area contributed by atoms with Crippen LogP contribution in [0.2, 0.25) is 0 Å². The number of carbonyl (C=O) groups excluding carboxylic acids is 1. The van der Waals surface area contributed by atoms with Gasteiger partial charge in [0.15, 0.2) is 0 Å². The van der Waals surface area contributed by atoms with Crippen molar-refractivity contribution in [1.82, 2.24) is 15.1 Å². The summed E-state index contributed by atoms with van der Waals surface area (Å²) >= 11 is 1.57. The Morgan fingerprint density at radius 2 is 2.25 bits per heavy atom. The minimum absolute atomic E-state index is 0.0445. The van der Waals surface area contributed by atoms with Gasteiger partial charge in [-0.05, 0) is 24.3 Å². The molecule has 3 rings (SSSR count). The van der Waals surface area contributed by atoms with Crippen molar-refractivity contribution in [2.75, 3.05) is 13.6 Å². The highest BCUT2D eigenvalue weighted by Crippen LogP contribution is 2.25. The molecule has 1 amide bonds. The Kier molecular flexibility index (Phi) is 5.63. The number of hydrogen-bond acceptors (Lipinski definition) is 6. The van der Waals surface area contributed by atoms with Gasteiger partial charge in [-0.25, -0.2) is 0 Å². The zero-order valence-electron chi connectivity index (χ0n) is 13.9. The molecular formula is C17H23N3O3S. The summed E-state index contributed by atoms with van der Waals surface area (Å²) in [5.41, 5.74) is 0.911. The average molecular weight is 349 g/mol. The summed E-state index contributed by atoms with van der Waals surface area (Å²) in [7, 11) is 1.80. The number of aryl methyl sites for hydroxylation is 1. The lowest BCUT2D eigenvalue weighted by atomic mass is 9.86. The number of aliphatic hydroxyl groups is 1. The molecule has 6 nitrogen and oxygen atoms in total. The molecule has 2 heterocycles. The van der Waals surface area contributed by atoms with Gasteiger partial charge in [-0.3, -0.25) is 4.79 Å². The average Bonchev–Trinajstić information content (AvgIpc) is 3.25. The molecule has 24 heavy (non-hydrogen) atoms. The number of hydrogen-bond donors (Lipinski definition) is 1. The molecule has 2 unspecified atom stereocenters. The molecule has 1 fully saturated rings. The van der Waals surface area contributed by atoms with Gasteiger partial charge < -0.3 is 14.4 Å². The quantitative estimate of drug-likeness (QED) is 0.867. The standard InChI is InChI=1S/C17H23N3O3S/c1-20(10-12-4-2-3-5-14(12)21)16(22)7-6-15-18-19-17(23-15)13-8-9-24-11-13/h8-9,11-12,14,21H,2-7,10H2,1H3. The van der Waals surface area contributed by atoms with Crippen molar-refractivity contribution >= 4 is 17.2 Å². The summed E-state index contributed by atoms with van der Waals surface area (Å²) in [6.07, 6.45) is 4.55. The molecule has 0 saturated heterocycles. The van der Waals surface area contributed by atoms with Crippen LogP contribution in [0.25, 0.3) is 11.5 Å². The van der Waals surface area contributed by atoms with E-state index >= 15 is 0 Å². The molecule has 2 aromatic heterocycles. The van der Waals surface area contributed by atoms with Crippen LogP contribution in [0.1, 0.15) is 38.0 Å². The number of aliphatic hydroxyl groups excluding tert-OH is 1. The first-order valence-electron chi connectivity index (χ1n) is 8.40. The van der Waals surface area contributed by atoms with Crippen LogP contribution in [0.5, 0.6) is 0 Å². The molecule has 1 aliphatic rings. The maximum atomic E-state index is 12.3. The summed E-state index contributed by atoms with van der Waals surface area (Å²) in [6.45, 7) is 0.615. The zero-order chi connectivity index (χ0) is 16.9. The number of nitrogens with zero attached hydrogens (tertiary/aromatic N) is 3. The smallest absolute Gasteiger partial charge is 0.248 e. The highest BCUT2D eigenvalue weighted by atomic mass is 32.1. The Morgan fingerprint density at radius 1 is 1.42 bits per heavy atom. The third kappa shape index (κ3) is 4.21. The predicted octanol–water partition coefficient (Wildman–Crippen LogP) is 2.74. The lowest BCUT2D eigenvalue weighted by Gasteiger charge is -2.31. The Morgan fingerprint density at radius 3 is 3.00 bits per heavy atom. The van der Waals surface area contributed by atoms with Crippen LogP contribution in [-0.4, -0.2) is 45.8 Å². The van der Waals surface area contributed by atoms with Crippen molar-refractivity contribution in [2.24, 2.45) is 5.92 Å². The molecule has 130 valence electrons. The lowest BCUT2D eigenvalue weighted by Crippen LogP contribution is -2.38. The molecule has 1 N–H and O–H groups in total. The first kappa shape index (κ1) is 17.1. The van der Waals surface area contributed by atoms with Crippen molar-refractivity contribution in [1.29, 1.82) is 0 Å². The molecule has 2 atom stereocenters. The minimum atomic E-state index is -0.280. The van der Waals surface area contributed by atoms with Crippen molar-refractivity contribution in [3.05, 3.63) is 22.7 Å². The van der Waals surface area contributed by atoms with Gasteiger partial charge in [-0.2, -0.15) is 11.3 Å². The fourth-order valence-electron chi connectivity index (χ4n) is 3.12. The van der Waals surface area contributed by atoms with Crippen LogP contribution in [0, 0.1) is 5.92 Å². The Labute approximate surface area is 145 Å². The van der Waals surface area contributed by atoms with Crippen LogP contribution < -0.4 is 0 Å². The van der Waals surface area contributed by atoms with E-state index in [0.29, 0.717) is 31.2 Å². The molecule has 7 heteroatoms. The second-order valence-corrected chi connectivity index (χ2v) is 7.18. The SMILES string of the molecule is CN(CC1CCCCC1O)C(=O)CCc1nnc(-c2ccsc2)o1. The summed E-state index contributed by atoms with van der Waals surface area (Å²) in [6, 6.07) is 1.93. The Hall–Kier alpha value is -1.73. The molecule has 0 aromatic carbocycles. The summed E-state index contributed by atoms with van der Waals surface area (Å²) in [5.74, 6) is 1.22. The summed E-state index contributed by atoms with van der Waals surface area (Å²) < 4.78 is 5.60. The van der Waals surface area contributed by atoms with Gasteiger partial charge in [-0.15, -0.1) is 10.2 Å². The number of amides is 1. The van der Waals surface area contributed by atoms with E-state index in [2.05, 4.69) is 10.2 Å². The second-order valence-electron chi connectivity index (χ2n) is 6.40. The fourth-order valence-corrected chi connectivity index (χ4v) is 3.75. The van der Waals surface area contributed by atoms with Crippen molar-refractivity contribution < 1.29 is 14.3 Å². The van der Waals surface area contributed by atoms with Gasteiger partial charge in [-0.1, -0.05) is 12.8 Å². The number of aromatic nitrogens is 2. The number of thiophene rings is 1. The highest BCUT2D eigenvalue weighted by Gasteiger charge is 2.25. The molecule has 1 saturated carbocycles. The summed E-state index contributed by atoms with van der Waals surface area (Å²) in [5, 5.41) is 22.0. The number of rotatable bonds is 6. The van der Waals surface area contributed by atoms with Crippen molar-refractivity contribution in [2.45, 2.75) is 44.6 Å². The largest absolute Gasteiger partial charge is 0.421 e. The molecule has 0 spiro atoms. The topological polar surface area (TPSA) is 79.5 Å². The van der Waals surface area contributed by atoms with Crippen molar-refractivity contribution in [3.8, 4) is 11.5 Å². The first-order chi connectivity index (χ1) is 11.6. The first-order valence-corrected chi connectivity index (χ1v) is 9.34. The van der Waals surface area contributed by atoms with E-state index in [9.17, 15) is 9.90 Å². The maximum Gasteiger partial charge on any atom is 0.248 e. The van der Waals surface area contributed by atoms with Gasteiger partial charge in [0.25, 0.3) is 0 Å². The van der Waals surface area contributed by atoms with Gasteiger partial charge in [0, 0.05) is 43.3 Å². The molecule has 2 aromatic rings. The van der Waals surface area contributed by atoms with E-state index in [1.807, 2.05) is 16.8 Å². The lowest BCUT2D eigenvalue weighted by molar-refractivity contribution is -0.131. The Bertz CT molecular complexity index is 656. The van der Waals surface area contributed by atoms with Gasteiger partial charge in [0.05, 0.1) is 6.10 Å².